The normalized spacial score (nSPS) is 14.8. The van der Waals surface area contributed by atoms with Gasteiger partial charge in [0.05, 0.1) is 0 Å². The quantitative estimate of drug-likeness (QED) is 0.460. The molecule has 0 aliphatic carbocycles. The molecule has 0 aromatic rings. The average Bonchev–Trinajstić information content (AvgIpc) is 2.28. The van der Waals surface area contributed by atoms with E-state index in [9.17, 15) is 0 Å². The first-order valence-corrected chi connectivity index (χ1v) is 7.38. The predicted octanol–water partition coefficient (Wildman–Crippen LogP) is 2.13. The number of hydrogen-bond acceptors (Lipinski definition) is 3. The van der Waals surface area contributed by atoms with Crippen molar-refractivity contribution in [3.05, 3.63) is 0 Å². The van der Waals surface area contributed by atoms with Gasteiger partial charge < -0.3 is 16.0 Å². The molecule has 0 heterocycles. The van der Waals surface area contributed by atoms with Crippen LogP contribution in [0.15, 0.2) is 0 Å². The van der Waals surface area contributed by atoms with E-state index >= 15 is 0 Å². The molecule has 3 nitrogen and oxygen atoms in total. The Labute approximate surface area is 108 Å². The first-order valence-electron chi connectivity index (χ1n) is 7.38. The van der Waals surface area contributed by atoms with Crippen molar-refractivity contribution in [3.8, 4) is 0 Å². The van der Waals surface area contributed by atoms with Crippen LogP contribution in [-0.2, 0) is 0 Å². The van der Waals surface area contributed by atoms with Crippen molar-refractivity contribution in [1.29, 1.82) is 0 Å². The van der Waals surface area contributed by atoms with E-state index in [2.05, 4.69) is 43.6 Å². The second kappa shape index (κ2) is 12.3. The molecule has 0 aliphatic heterocycles. The van der Waals surface area contributed by atoms with Crippen LogP contribution < -0.4 is 16.0 Å². The zero-order valence-electron chi connectivity index (χ0n) is 12.3. The van der Waals surface area contributed by atoms with Crippen LogP contribution in [0.4, 0.5) is 0 Å². The maximum absolute atomic E-state index is 3.52. The Morgan fingerprint density at radius 3 is 1.47 bits per heavy atom. The summed E-state index contributed by atoms with van der Waals surface area (Å²) in [4.78, 5) is 0. The largest absolute Gasteiger partial charge is 0.314 e. The minimum Gasteiger partial charge on any atom is -0.314 e. The molecule has 3 heteroatoms. The minimum atomic E-state index is 0.657. The van der Waals surface area contributed by atoms with Gasteiger partial charge in [0, 0.05) is 38.3 Å². The van der Waals surface area contributed by atoms with Gasteiger partial charge in [-0.25, -0.2) is 0 Å². The van der Waals surface area contributed by atoms with E-state index in [0.29, 0.717) is 12.1 Å². The lowest BCUT2D eigenvalue weighted by Crippen LogP contribution is -2.37. The third-order valence-electron chi connectivity index (χ3n) is 3.03. The molecule has 0 spiro atoms. The van der Waals surface area contributed by atoms with Gasteiger partial charge in [0.25, 0.3) is 0 Å². The van der Waals surface area contributed by atoms with Crippen LogP contribution >= 0.6 is 0 Å². The molecule has 2 atom stereocenters. The van der Waals surface area contributed by atoms with E-state index in [1.807, 2.05) is 0 Å². The summed E-state index contributed by atoms with van der Waals surface area (Å²) in [5.74, 6) is 0. The summed E-state index contributed by atoms with van der Waals surface area (Å²) in [6, 6.07) is 1.31. The lowest BCUT2D eigenvalue weighted by atomic mass is 10.2. The van der Waals surface area contributed by atoms with Gasteiger partial charge in [-0.2, -0.15) is 0 Å². The van der Waals surface area contributed by atoms with E-state index in [1.54, 1.807) is 0 Å². The van der Waals surface area contributed by atoms with Gasteiger partial charge in [0.2, 0.25) is 0 Å². The molecular formula is C14H33N3. The SMILES string of the molecule is CCCC(C)NCCNCCNC(C)CCC. The van der Waals surface area contributed by atoms with E-state index in [4.69, 9.17) is 0 Å². The fraction of sp³-hybridized carbons (Fsp3) is 1.00. The molecule has 0 radical (unpaired) electrons. The molecular weight excluding hydrogens is 210 g/mol. The number of hydrogen-bond donors (Lipinski definition) is 3. The molecule has 0 rings (SSSR count). The molecule has 0 aliphatic rings. The maximum atomic E-state index is 3.52. The zero-order valence-corrected chi connectivity index (χ0v) is 12.3. The van der Waals surface area contributed by atoms with Crippen molar-refractivity contribution < 1.29 is 0 Å². The highest BCUT2D eigenvalue weighted by Crippen LogP contribution is 1.93. The highest BCUT2D eigenvalue weighted by atomic mass is 15.0. The van der Waals surface area contributed by atoms with Gasteiger partial charge >= 0.3 is 0 Å². The molecule has 0 amide bonds. The van der Waals surface area contributed by atoms with Crippen LogP contribution in [0.2, 0.25) is 0 Å². The fourth-order valence-electron chi connectivity index (χ4n) is 2.01. The molecule has 0 aromatic heterocycles. The summed E-state index contributed by atoms with van der Waals surface area (Å²) < 4.78 is 0. The third kappa shape index (κ3) is 12.1. The topological polar surface area (TPSA) is 36.1 Å². The van der Waals surface area contributed by atoms with Gasteiger partial charge in [-0.3, -0.25) is 0 Å². The summed E-state index contributed by atoms with van der Waals surface area (Å²) in [6.07, 6.45) is 5.08. The van der Waals surface area contributed by atoms with Crippen molar-refractivity contribution in [1.82, 2.24) is 16.0 Å². The second-order valence-electron chi connectivity index (χ2n) is 5.04. The Morgan fingerprint density at radius 2 is 1.12 bits per heavy atom. The van der Waals surface area contributed by atoms with Gasteiger partial charge in [-0.15, -0.1) is 0 Å². The molecule has 0 saturated carbocycles. The van der Waals surface area contributed by atoms with Gasteiger partial charge in [-0.1, -0.05) is 26.7 Å². The predicted molar refractivity (Wildman–Crippen MR) is 77.6 cm³/mol. The van der Waals surface area contributed by atoms with E-state index < -0.39 is 0 Å². The molecule has 104 valence electrons. The Morgan fingerprint density at radius 1 is 0.706 bits per heavy atom. The number of nitrogens with one attached hydrogen (secondary N) is 3. The zero-order chi connectivity index (χ0) is 12.9. The van der Waals surface area contributed by atoms with E-state index in [1.165, 1.54) is 25.7 Å². The summed E-state index contributed by atoms with van der Waals surface area (Å²) in [7, 11) is 0. The van der Waals surface area contributed by atoms with Crippen LogP contribution in [-0.4, -0.2) is 38.3 Å². The number of rotatable bonds is 12. The fourth-order valence-corrected chi connectivity index (χ4v) is 2.01. The van der Waals surface area contributed by atoms with E-state index in [-0.39, 0.29) is 0 Å². The molecule has 0 bridgehead atoms. The summed E-state index contributed by atoms with van der Waals surface area (Å²) in [6.45, 7) is 13.3. The average molecular weight is 243 g/mol. The Hall–Kier alpha value is -0.120. The lowest BCUT2D eigenvalue weighted by Gasteiger charge is -2.14. The van der Waals surface area contributed by atoms with Crippen LogP contribution in [0.5, 0.6) is 0 Å². The second-order valence-corrected chi connectivity index (χ2v) is 5.04. The van der Waals surface area contributed by atoms with Crippen LogP contribution in [0.25, 0.3) is 0 Å². The maximum Gasteiger partial charge on any atom is 0.00792 e. The summed E-state index contributed by atoms with van der Waals surface area (Å²) in [5.41, 5.74) is 0. The van der Waals surface area contributed by atoms with Crippen LogP contribution in [0.1, 0.15) is 53.4 Å². The molecule has 2 unspecified atom stereocenters. The van der Waals surface area contributed by atoms with Crippen molar-refractivity contribution >= 4 is 0 Å². The van der Waals surface area contributed by atoms with Gasteiger partial charge in [0.15, 0.2) is 0 Å². The molecule has 0 aromatic carbocycles. The Balaban J connectivity index is 3.13. The van der Waals surface area contributed by atoms with Crippen molar-refractivity contribution in [2.75, 3.05) is 26.2 Å². The Kier molecular flexibility index (Phi) is 12.3. The molecule has 3 N–H and O–H groups in total. The minimum absolute atomic E-state index is 0.657. The highest BCUT2D eigenvalue weighted by molar-refractivity contribution is 4.63. The molecule has 0 saturated heterocycles. The molecule has 0 fully saturated rings. The van der Waals surface area contributed by atoms with Crippen LogP contribution in [0.3, 0.4) is 0 Å². The highest BCUT2D eigenvalue weighted by Gasteiger charge is 1.99. The Bertz CT molecular complexity index is 134. The summed E-state index contributed by atoms with van der Waals surface area (Å²) >= 11 is 0. The standard InChI is InChI=1S/C14H33N3/c1-5-7-13(3)16-11-9-15-10-12-17-14(4)8-6-2/h13-17H,5-12H2,1-4H3. The lowest BCUT2D eigenvalue weighted by molar-refractivity contribution is 0.477. The monoisotopic (exact) mass is 243 g/mol. The van der Waals surface area contributed by atoms with Crippen molar-refractivity contribution in [2.45, 2.75) is 65.5 Å². The van der Waals surface area contributed by atoms with E-state index in [0.717, 1.165) is 26.2 Å². The van der Waals surface area contributed by atoms with Crippen molar-refractivity contribution in [2.24, 2.45) is 0 Å². The van der Waals surface area contributed by atoms with Gasteiger partial charge in [-0.05, 0) is 26.7 Å². The third-order valence-corrected chi connectivity index (χ3v) is 3.03. The molecule has 17 heavy (non-hydrogen) atoms. The first-order chi connectivity index (χ1) is 8.20. The summed E-state index contributed by atoms with van der Waals surface area (Å²) in [5, 5.41) is 10.5. The van der Waals surface area contributed by atoms with Gasteiger partial charge in [0.1, 0.15) is 0 Å². The van der Waals surface area contributed by atoms with Crippen molar-refractivity contribution in [3.63, 3.8) is 0 Å². The first kappa shape index (κ1) is 16.9. The van der Waals surface area contributed by atoms with Crippen LogP contribution in [0, 0.1) is 0 Å². The smallest absolute Gasteiger partial charge is 0.00792 e.